The number of piperidine rings is 1. The summed E-state index contributed by atoms with van der Waals surface area (Å²) in [6.07, 6.45) is 3.87. The number of benzene rings is 1. The molecule has 130 valence electrons. The number of thioether (sulfide) groups is 1. The Bertz CT molecular complexity index is 482. The number of hydrogen-bond acceptors (Lipinski definition) is 4. The molecule has 0 aromatic heterocycles. The van der Waals surface area contributed by atoms with Crippen LogP contribution >= 0.6 is 24.2 Å². The van der Waals surface area contributed by atoms with Gasteiger partial charge in [0.15, 0.2) is 6.10 Å². The second-order valence-corrected chi connectivity index (χ2v) is 6.67. The van der Waals surface area contributed by atoms with E-state index in [1.165, 1.54) is 11.3 Å². The molecule has 0 radical (unpaired) electrons. The smallest absolute Gasteiger partial charge is 0.263 e. The number of rotatable bonds is 6. The Morgan fingerprint density at radius 1 is 1.43 bits per heavy atom. The fourth-order valence-electron chi connectivity index (χ4n) is 2.89. The van der Waals surface area contributed by atoms with Gasteiger partial charge in [-0.05, 0) is 69.8 Å². The first kappa shape index (κ1) is 20.1. The maximum atomic E-state index is 12.6. The summed E-state index contributed by atoms with van der Waals surface area (Å²) in [7, 11) is 1.96. The molecular weight excluding hydrogens is 332 g/mol. The summed E-state index contributed by atoms with van der Waals surface area (Å²) in [4.78, 5) is 15.7. The predicted octanol–water partition coefficient (Wildman–Crippen LogP) is 3.06. The molecule has 1 heterocycles. The lowest BCUT2D eigenvalue weighted by atomic mass is 9.97. The minimum absolute atomic E-state index is 0. The lowest BCUT2D eigenvalue weighted by Gasteiger charge is -2.34. The van der Waals surface area contributed by atoms with Gasteiger partial charge in [-0.2, -0.15) is 0 Å². The van der Waals surface area contributed by atoms with E-state index >= 15 is 0 Å². The Labute approximate surface area is 149 Å². The van der Waals surface area contributed by atoms with Crippen molar-refractivity contribution in [2.24, 2.45) is 5.92 Å². The van der Waals surface area contributed by atoms with Crippen molar-refractivity contribution in [2.45, 2.75) is 30.8 Å². The van der Waals surface area contributed by atoms with Crippen LogP contribution in [-0.2, 0) is 4.79 Å². The zero-order chi connectivity index (χ0) is 15.9. The summed E-state index contributed by atoms with van der Waals surface area (Å²) < 4.78 is 5.81. The van der Waals surface area contributed by atoms with Crippen molar-refractivity contribution in [2.75, 3.05) is 32.9 Å². The summed E-state index contributed by atoms with van der Waals surface area (Å²) in [5, 5.41) is 3.21. The summed E-state index contributed by atoms with van der Waals surface area (Å²) in [5.41, 5.74) is 0. The first-order chi connectivity index (χ1) is 10.6. The van der Waals surface area contributed by atoms with Gasteiger partial charge in [-0.1, -0.05) is 0 Å². The highest BCUT2D eigenvalue weighted by atomic mass is 35.5. The quantitative estimate of drug-likeness (QED) is 0.793. The normalized spacial score (nSPS) is 18.9. The van der Waals surface area contributed by atoms with Crippen LogP contribution in [0.3, 0.4) is 0 Å². The fraction of sp³-hybridized carbons (Fsp3) is 0.588. The predicted molar refractivity (Wildman–Crippen MR) is 98.8 cm³/mol. The van der Waals surface area contributed by atoms with Gasteiger partial charge in [-0.25, -0.2) is 0 Å². The molecule has 2 rings (SSSR count). The minimum atomic E-state index is -0.437. The molecule has 0 spiro atoms. The molecular formula is C17H27ClN2O2S. The van der Waals surface area contributed by atoms with E-state index in [2.05, 4.69) is 5.32 Å². The largest absolute Gasteiger partial charge is 0.481 e. The number of nitrogens with zero attached hydrogens (tertiary/aromatic N) is 1. The molecule has 1 fully saturated rings. The van der Waals surface area contributed by atoms with Crippen LogP contribution in [0, 0.1) is 5.92 Å². The number of nitrogens with one attached hydrogen (secondary N) is 1. The zero-order valence-electron chi connectivity index (χ0n) is 14.1. The van der Waals surface area contributed by atoms with Gasteiger partial charge in [0.25, 0.3) is 5.91 Å². The highest BCUT2D eigenvalue weighted by Crippen LogP contribution is 2.21. The number of halogens is 1. The van der Waals surface area contributed by atoms with Crippen LogP contribution < -0.4 is 10.1 Å². The van der Waals surface area contributed by atoms with Gasteiger partial charge in [-0.3, -0.25) is 4.79 Å². The molecule has 1 amide bonds. The van der Waals surface area contributed by atoms with Crippen LogP contribution in [0.2, 0.25) is 0 Å². The van der Waals surface area contributed by atoms with Crippen LogP contribution in [-0.4, -0.2) is 49.8 Å². The molecule has 1 aliphatic rings. The van der Waals surface area contributed by atoms with Crippen molar-refractivity contribution in [3.8, 4) is 5.75 Å². The maximum Gasteiger partial charge on any atom is 0.263 e. The number of likely N-dealkylation sites (tertiary alicyclic amines) is 1. The number of ether oxygens (including phenoxy) is 1. The van der Waals surface area contributed by atoms with Crippen molar-refractivity contribution in [1.29, 1.82) is 0 Å². The van der Waals surface area contributed by atoms with Gasteiger partial charge in [0, 0.05) is 18.0 Å². The number of hydrogen-bond donors (Lipinski definition) is 1. The summed E-state index contributed by atoms with van der Waals surface area (Å²) >= 11 is 1.69. The zero-order valence-corrected chi connectivity index (χ0v) is 15.7. The highest BCUT2D eigenvalue weighted by molar-refractivity contribution is 7.98. The van der Waals surface area contributed by atoms with Crippen molar-refractivity contribution in [3.63, 3.8) is 0 Å². The van der Waals surface area contributed by atoms with Gasteiger partial charge in [-0.15, -0.1) is 24.2 Å². The third kappa shape index (κ3) is 5.90. The third-order valence-corrected chi connectivity index (χ3v) is 4.79. The molecule has 0 aliphatic carbocycles. The second-order valence-electron chi connectivity index (χ2n) is 5.79. The third-order valence-electron chi connectivity index (χ3n) is 4.04. The van der Waals surface area contributed by atoms with E-state index in [1.807, 2.05) is 49.4 Å². The number of amides is 1. The average Bonchev–Trinajstić information content (AvgIpc) is 2.55. The van der Waals surface area contributed by atoms with Crippen LogP contribution in [0.5, 0.6) is 5.75 Å². The Morgan fingerprint density at radius 2 is 2.13 bits per heavy atom. The Hall–Kier alpha value is -0.910. The highest BCUT2D eigenvalue weighted by Gasteiger charge is 2.27. The maximum absolute atomic E-state index is 12.6. The molecule has 0 saturated carbocycles. The summed E-state index contributed by atoms with van der Waals surface area (Å²) in [5.74, 6) is 1.40. The van der Waals surface area contributed by atoms with E-state index in [-0.39, 0.29) is 18.3 Å². The molecule has 2 unspecified atom stereocenters. The van der Waals surface area contributed by atoms with Crippen LogP contribution in [0.4, 0.5) is 0 Å². The van der Waals surface area contributed by atoms with Crippen molar-refractivity contribution in [3.05, 3.63) is 24.3 Å². The summed E-state index contributed by atoms with van der Waals surface area (Å²) in [6, 6.07) is 7.88. The Morgan fingerprint density at radius 3 is 2.74 bits per heavy atom. The monoisotopic (exact) mass is 358 g/mol. The van der Waals surface area contributed by atoms with Crippen LogP contribution in [0.1, 0.15) is 19.8 Å². The topological polar surface area (TPSA) is 41.6 Å². The van der Waals surface area contributed by atoms with Crippen LogP contribution in [0.25, 0.3) is 0 Å². The second kappa shape index (κ2) is 10.1. The van der Waals surface area contributed by atoms with Crippen molar-refractivity contribution < 1.29 is 9.53 Å². The molecule has 1 N–H and O–H groups in total. The van der Waals surface area contributed by atoms with E-state index in [9.17, 15) is 4.79 Å². The number of carbonyl (C=O) groups is 1. The molecule has 23 heavy (non-hydrogen) atoms. The lowest BCUT2D eigenvalue weighted by Crippen LogP contribution is -2.47. The van der Waals surface area contributed by atoms with Gasteiger partial charge < -0.3 is 15.0 Å². The van der Waals surface area contributed by atoms with E-state index in [4.69, 9.17) is 4.74 Å². The van der Waals surface area contributed by atoms with Crippen molar-refractivity contribution in [1.82, 2.24) is 10.2 Å². The molecule has 1 aromatic rings. The molecule has 0 bridgehead atoms. The standard InChI is InChI=1S/C17H26N2O2S.ClH/c1-13(21-15-6-8-16(22-3)9-7-15)17(20)19-10-4-5-14(12-19)11-18-2;/h6-9,13-14,18H,4-5,10-12H2,1-3H3;1H. The molecule has 1 aromatic carbocycles. The molecule has 1 saturated heterocycles. The summed E-state index contributed by atoms with van der Waals surface area (Å²) in [6.45, 7) is 4.48. The Balaban J connectivity index is 0.00000264. The first-order valence-electron chi connectivity index (χ1n) is 7.88. The van der Waals surface area contributed by atoms with E-state index in [1.54, 1.807) is 11.8 Å². The molecule has 4 nitrogen and oxygen atoms in total. The van der Waals surface area contributed by atoms with Crippen LogP contribution in [0.15, 0.2) is 29.2 Å². The van der Waals surface area contributed by atoms with Gasteiger partial charge in [0.05, 0.1) is 0 Å². The van der Waals surface area contributed by atoms with E-state index in [0.717, 1.165) is 31.8 Å². The fourth-order valence-corrected chi connectivity index (χ4v) is 3.29. The molecule has 6 heteroatoms. The van der Waals surface area contributed by atoms with E-state index in [0.29, 0.717) is 5.92 Å². The Kier molecular flexibility index (Phi) is 8.81. The minimum Gasteiger partial charge on any atom is -0.481 e. The average molecular weight is 359 g/mol. The first-order valence-corrected chi connectivity index (χ1v) is 9.10. The van der Waals surface area contributed by atoms with E-state index < -0.39 is 6.10 Å². The number of carbonyl (C=O) groups excluding carboxylic acids is 1. The van der Waals surface area contributed by atoms with Gasteiger partial charge in [0.1, 0.15) is 5.75 Å². The molecule has 1 aliphatic heterocycles. The van der Waals surface area contributed by atoms with Crippen molar-refractivity contribution >= 4 is 30.1 Å². The van der Waals surface area contributed by atoms with Gasteiger partial charge in [0.2, 0.25) is 0 Å². The van der Waals surface area contributed by atoms with Gasteiger partial charge >= 0.3 is 0 Å². The SMILES string of the molecule is CNCC1CCCN(C(=O)C(C)Oc2ccc(SC)cc2)C1.Cl. The lowest BCUT2D eigenvalue weighted by molar-refractivity contribution is -0.139. The molecule has 2 atom stereocenters.